The third-order valence-electron chi connectivity index (χ3n) is 6.65. The Hall–Kier alpha value is -2.45. The standard InChI is InChI=1S/C26H34FN3O3S/c1-19(2)26(32)29(15-14-28-11-3-4-12-28)17-25(31)30-13-9-24-22(10-16-34-24)23(30)18-33-21-7-5-20(27)6-8-21/h5-8,10,16,19,23H,3-4,9,11-15,17-18H2,1-2H3/t23-/m1/s1. The van der Waals surface area contributed by atoms with Gasteiger partial charge in [-0.05, 0) is 73.6 Å². The van der Waals surface area contributed by atoms with E-state index in [2.05, 4.69) is 11.0 Å². The van der Waals surface area contributed by atoms with Gasteiger partial charge in [0.25, 0.3) is 0 Å². The van der Waals surface area contributed by atoms with Crippen LogP contribution in [0.5, 0.6) is 5.75 Å². The minimum absolute atomic E-state index is 0.0138. The minimum atomic E-state index is -0.314. The van der Waals surface area contributed by atoms with Gasteiger partial charge in [0.15, 0.2) is 0 Å². The van der Waals surface area contributed by atoms with Crippen LogP contribution < -0.4 is 4.74 Å². The first-order valence-corrected chi connectivity index (χ1v) is 13.1. The van der Waals surface area contributed by atoms with Gasteiger partial charge in [-0.15, -0.1) is 11.3 Å². The van der Waals surface area contributed by atoms with Gasteiger partial charge in [-0.1, -0.05) is 13.8 Å². The van der Waals surface area contributed by atoms with Crippen LogP contribution in [0, 0.1) is 11.7 Å². The highest BCUT2D eigenvalue weighted by molar-refractivity contribution is 7.10. The summed E-state index contributed by atoms with van der Waals surface area (Å²) >= 11 is 1.70. The molecule has 184 valence electrons. The number of likely N-dealkylation sites (tertiary alicyclic amines) is 1. The number of fused-ring (bicyclic) bond motifs is 1. The fourth-order valence-corrected chi connectivity index (χ4v) is 5.66. The summed E-state index contributed by atoms with van der Waals surface area (Å²) in [7, 11) is 0. The third kappa shape index (κ3) is 5.96. The van der Waals surface area contributed by atoms with Crippen molar-refractivity contribution in [2.45, 2.75) is 39.2 Å². The number of hydrogen-bond acceptors (Lipinski definition) is 5. The number of amides is 2. The number of ether oxygens (including phenoxy) is 1. The quantitative estimate of drug-likeness (QED) is 0.537. The molecule has 0 N–H and O–H groups in total. The predicted octanol–water partition coefficient (Wildman–Crippen LogP) is 3.97. The van der Waals surface area contributed by atoms with E-state index in [9.17, 15) is 14.0 Å². The van der Waals surface area contributed by atoms with Gasteiger partial charge in [-0.3, -0.25) is 9.59 Å². The summed E-state index contributed by atoms with van der Waals surface area (Å²) in [5, 5.41) is 2.05. The van der Waals surface area contributed by atoms with E-state index in [-0.39, 0.29) is 42.7 Å². The van der Waals surface area contributed by atoms with Gasteiger partial charge in [-0.25, -0.2) is 4.39 Å². The summed E-state index contributed by atoms with van der Waals surface area (Å²) in [6, 6.07) is 7.75. The molecule has 1 aromatic carbocycles. The molecule has 0 bridgehead atoms. The number of carbonyl (C=O) groups excluding carboxylic acids is 2. The van der Waals surface area contributed by atoms with Crippen LogP contribution in [-0.4, -0.2) is 72.4 Å². The first-order valence-electron chi connectivity index (χ1n) is 12.2. The topological polar surface area (TPSA) is 53.1 Å². The Kier molecular flexibility index (Phi) is 8.21. The van der Waals surface area contributed by atoms with Crippen LogP contribution in [0.3, 0.4) is 0 Å². The number of carbonyl (C=O) groups is 2. The molecule has 1 atom stereocenters. The van der Waals surface area contributed by atoms with Crippen molar-refractivity contribution in [2.75, 3.05) is 45.9 Å². The van der Waals surface area contributed by atoms with E-state index in [1.807, 2.05) is 24.1 Å². The molecule has 3 heterocycles. The first kappa shape index (κ1) is 24.7. The molecule has 0 spiro atoms. The zero-order valence-electron chi connectivity index (χ0n) is 20.0. The maximum atomic E-state index is 13.5. The van der Waals surface area contributed by atoms with Crippen LogP contribution in [0.2, 0.25) is 0 Å². The number of hydrogen-bond donors (Lipinski definition) is 0. The third-order valence-corrected chi connectivity index (χ3v) is 7.65. The Morgan fingerprint density at radius 1 is 1.15 bits per heavy atom. The second kappa shape index (κ2) is 11.3. The molecule has 0 aliphatic carbocycles. The molecule has 8 heteroatoms. The van der Waals surface area contributed by atoms with E-state index in [0.29, 0.717) is 18.8 Å². The largest absolute Gasteiger partial charge is 0.491 e. The lowest BCUT2D eigenvalue weighted by molar-refractivity contribution is -0.144. The van der Waals surface area contributed by atoms with Crippen LogP contribution in [0.15, 0.2) is 35.7 Å². The van der Waals surface area contributed by atoms with E-state index < -0.39 is 0 Å². The average molecular weight is 488 g/mol. The van der Waals surface area contributed by atoms with Crippen LogP contribution in [0.4, 0.5) is 4.39 Å². The van der Waals surface area contributed by atoms with Crippen molar-refractivity contribution < 1.29 is 18.7 Å². The maximum Gasteiger partial charge on any atom is 0.242 e. The van der Waals surface area contributed by atoms with Gasteiger partial charge in [-0.2, -0.15) is 0 Å². The summed E-state index contributed by atoms with van der Waals surface area (Å²) in [6.45, 7) is 8.22. The fraction of sp³-hybridized carbons (Fsp3) is 0.538. The first-order chi connectivity index (χ1) is 16.4. The summed E-state index contributed by atoms with van der Waals surface area (Å²) < 4.78 is 19.2. The van der Waals surface area contributed by atoms with Gasteiger partial charge >= 0.3 is 0 Å². The highest BCUT2D eigenvalue weighted by Gasteiger charge is 2.34. The van der Waals surface area contributed by atoms with Crippen molar-refractivity contribution in [3.8, 4) is 5.75 Å². The Morgan fingerprint density at radius 2 is 1.88 bits per heavy atom. The van der Waals surface area contributed by atoms with Gasteiger partial charge in [0, 0.05) is 30.4 Å². The second-order valence-corrected chi connectivity index (χ2v) is 10.4. The van der Waals surface area contributed by atoms with Crippen molar-refractivity contribution in [2.24, 2.45) is 5.92 Å². The molecule has 1 aromatic heterocycles. The summed E-state index contributed by atoms with van der Waals surface area (Å²) in [5.41, 5.74) is 1.10. The van der Waals surface area contributed by atoms with Crippen molar-refractivity contribution in [1.82, 2.24) is 14.7 Å². The van der Waals surface area contributed by atoms with Crippen LogP contribution in [0.25, 0.3) is 0 Å². The molecule has 0 saturated carbocycles. The number of nitrogens with zero attached hydrogens (tertiary/aromatic N) is 3. The number of benzene rings is 1. The number of rotatable bonds is 9. The Bertz CT molecular complexity index is 972. The number of halogens is 1. The lowest BCUT2D eigenvalue weighted by Gasteiger charge is -2.37. The fourth-order valence-electron chi connectivity index (χ4n) is 4.74. The van der Waals surface area contributed by atoms with E-state index in [1.54, 1.807) is 28.4 Å². The lowest BCUT2D eigenvalue weighted by atomic mass is 10.00. The summed E-state index contributed by atoms with van der Waals surface area (Å²) in [4.78, 5) is 33.7. The van der Waals surface area contributed by atoms with Crippen LogP contribution >= 0.6 is 11.3 Å². The van der Waals surface area contributed by atoms with Crippen molar-refractivity contribution in [3.63, 3.8) is 0 Å². The van der Waals surface area contributed by atoms with E-state index >= 15 is 0 Å². The van der Waals surface area contributed by atoms with Crippen LogP contribution in [-0.2, 0) is 16.0 Å². The van der Waals surface area contributed by atoms with Gasteiger partial charge < -0.3 is 19.4 Å². The van der Waals surface area contributed by atoms with Crippen molar-refractivity contribution in [1.29, 1.82) is 0 Å². The summed E-state index contributed by atoms with van der Waals surface area (Å²) in [5.74, 6) is 0.0536. The molecule has 6 nitrogen and oxygen atoms in total. The Morgan fingerprint density at radius 3 is 2.59 bits per heavy atom. The minimum Gasteiger partial charge on any atom is -0.491 e. The number of thiophene rings is 1. The van der Waals surface area contributed by atoms with E-state index in [0.717, 1.165) is 31.6 Å². The highest BCUT2D eigenvalue weighted by Crippen LogP contribution is 2.34. The molecule has 34 heavy (non-hydrogen) atoms. The predicted molar refractivity (Wildman–Crippen MR) is 131 cm³/mol. The second-order valence-electron chi connectivity index (χ2n) is 9.38. The van der Waals surface area contributed by atoms with Crippen molar-refractivity contribution >= 4 is 23.2 Å². The lowest BCUT2D eigenvalue weighted by Crippen LogP contribution is -2.49. The molecule has 4 rings (SSSR count). The van der Waals surface area contributed by atoms with E-state index in [4.69, 9.17) is 4.74 Å². The smallest absolute Gasteiger partial charge is 0.242 e. The molecule has 2 aliphatic rings. The van der Waals surface area contributed by atoms with E-state index in [1.165, 1.54) is 29.9 Å². The maximum absolute atomic E-state index is 13.5. The zero-order valence-corrected chi connectivity index (χ0v) is 20.9. The molecule has 2 aliphatic heterocycles. The SMILES string of the molecule is CC(C)C(=O)N(CCN1CCCC1)CC(=O)N1CCc2sccc2[C@H]1COc1ccc(F)cc1. The highest BCUT2D eigenvalue weighted by atomic mass is 32.1. The molecule has 0 radical (unpaired) electrons. The van der Waals surface area contributed by atoms with Gasteiger partial charge in [0.05, 0.1) is 12.6 Å². The molecular weight excluding hydrogens is 453 g/mol. The molecule has 1 fully saturated rings. The van der Waals surface area contributed by atoms with Crippen LogP contribution in [0.1, 0.15) is 43.2 Å². The molecule has 1 saturated heterocycles. The Balaban J connectivity index is 1.46. The molecule has 2 aromatic rings. The van der Waals surface area contributed by atoms with Crippen molar-refractivity contribution in [3.05, 3.63) is 52.0 Å². The molecular formula is C26H34FN3O3S. The van der Waals surface area contributed by atoms with Gasteiger partial charge in [0.1, 0.15) is 18.2 Å². The molecule has 2 amide bonds. The molecule has 0 unspecified atom stereocenters. The summed E-state index contributed by atoms with van der Waals surface area (Å²) in [6.07, 6.45) is 3.20. The monoisotopic (exact) mass is 487 g/mol. The Labute approximate surface area is 205 Å². The zero-order chi connectivity index (χ0) is 24.1. The normalized spacial score (nSPS) is 18.2. The average Bonchev–Trinajstić information content (AvgIpc) is 3.52. The van der Waals surface area contributed by atoms with Gasteiger partial charge in [0.2, 0.25) is 11.8 Å².